The van der Waals surface area contributed by atoms with E-state index in [1.165, 1.54) is 17.3 Å². The third-order valence-corrected chi connectivity index (χ3v) is 5.99. The lowest BCUT2D eigenvalue weighted by molar-refractivity contribution is -0.113. The Balaban J connectivity index is 1.59. The van der Waals surface area contributed by atoms with Crippen molar-refractivity contribution in [3.8, 4) is 0 Å². The van der Waals surface area contributed by atoms with Crippen molar-refractivity contribution in [2.24, 2.45) is 0 Å². The maximum absolute atomic E-state index is 12.5. The molecule has 2 N–H and O–H groups in total. The third-order valence-electron chi connectivity index (χ3n) is 5.03. The Hall–Kier alpha value is -3.13. The maximum atomic E-state index is 12.5. The zero-order chi connectivity index (χ0) is 23.1. The summed E-state index contributed by atoms with van der Waals surface area (Å²) in [7, 11) is 0. The Kier molecular flexibility index (Phi) is 8.05. The quantitative estimate of drug-likeness (QED) is 0.463. The highest BCUT2D eigenvalue weighted by Crippen LogP contribution is 2.22. The molecule has 1 heterocycles. The fourth-order valence-corrected chi connectivity index (χ4v) is 4.05. The number of rotatable bonds is 9. The average molecular weight is 452 g/mol. The first kappa shape index (κ1) is 23.5. The Labute approximate surface area is 193 Å². The van der Waals surface area contributed by atoms with Crippen molar-refractivity contribution in [3.05, 3.63) is 71.5 Å². The molecule has 3 aromatic rings. The molecule has 1 aromatic heterocycles. The summed E-state index contributed by atoms with van der Waals surface area (Å²) in [5.74, 6) is 1.05. The van der Waals surface area contributed by atoms with Gasteiger partial charge in [0, 0.05) is 17.8 Å². The number of benzene rings is 2. The van der Waals surface area contributed by atoms with Gasteiger partial charge in [-0.2, -0.15) is 0 Å². The lowest BCUT2D eigenvalue weighted by Crippen LogP contribution is -2.28. The van der Waals surface area contributed by atoms with Gasteiger partial charge >= 0.3 is 0 Å². The van der Waals surface area contributed by atoms with Gasteiger partial charge in [-0.25, -0.2) is 0 Å². The molecule has 2 aromatic carbocycles. The molecule has 0 saturated carbocycles. The number of carbonyl (C=O) groups is 2. The molecular formula is C24H29N5O2S. The van der Waals surface area contributed by atoms with Crippen molar-refractivity contribution in [1.82, 2.24) is 20.1 Å². The molecule has 8 heteroatoms. The largest absolute Gasteiger partial charge is 0.342 e. The van der Waals surface area contributed by atoms with Crippen molar-refractivity contribution < 1.29 is 9.59 Å². The number of anilines is 1. The van der Waals surface area contributed by atoms with E-state index < -0.39 is 0 Å². The first-order valence-electron chi connectivity index (χ1n) is 10.7. The summed E-state index contributed by atoms with van der Waals surface area (Å²) in [5, 5.41) is 15.0. The van der Waals surface area contributed by atoms with Gasteiger partial charge in [-0.05, 0) is 49.6 Å². The number of nitrogens with zero attached hydrogens (tertiary/aromatic N) is 3. The fraction of sp³-hybridized carbons (Fsp3) is 0.333. The normalized spacial score (nSPS) is 11.9. The van der Waals surface area contributed by atoms with Crippen LogP contribution in [0.3, 0.4) is 0 Å². The second-order valence-corrected chi connectivity index (χ2v) is 8.70. The molecule has 0 aliphatic carbocycles. The van der Waals surface area contributed by atoms with Gasteiger partial charge in [0.1, 0.15) is 0 Å². The van der Waals surface area contributed by atoms with Gasteiger partial charge < -0.3 is 15.2 Å². The minimum atomic E-state index is -0.321. The van der Waals surface area contributed by atoms with E-state index in [9.17, 15) is 9.59 Å². The summed E-state index contributed by atoms with van der Waals surface area (Å²) >= 11 is 1.33. The van der Waals surface area contributed by atoms with Crippen molar-refractivity contribution >= 4 is 29.3 Å². The van der Waals surface area contributed by atoms with E-state index in [0.29, 0.717) is 29.0 Å². The average Bonchev–Trinajstić information content (AvgIpc) is 3.21. The highest BCUT2D eigenvalue weighted by atomic mass is 32.2. The zero-order valence-electron chi connectivity index (χ0n) is 18.8. The highest BCUT2D eigenvalue weighted by Gasteiger charge is 2.20. The zero-order valence-corrected chi connectivity index (χ0v) is 19.6. The molecule has 0 saturated heterocycles. The van der Waals surface area contributed by atoms with Crippen LogP contribution in [0, 0.1) is 0 Å². The van der Waals surface area contributed by atoms with Crippen LogP contribution >= 0.6 is 11.8 Å². The second kappa shape index (κ2) is 10.9. The molecule has 1 atom stereocenters. The molecular weight excluding hydrogens is 422 g/mol. The Morgan fingerprint density at radius 1 is 1.00 bits per heavy atom. The highest BCUT2D eigenvalue weighted by molar-refractivity contribution is 7.99. The minimum Gasteiger partial charge on any atom is -0.342 e. The first-order valence-corrected chi connectivity index (χ1v) is 11.7. The Morgan fingerprint density at radius 3 is 2.31 bits per heavy atom. The predicted octanol–water partition coefficient (Wildman–Crippen LogP) is 4.64. The molecule has 0 unspecified atom stereocenters. The van der Waals surface area contributed by atoms with Crippen molar-refractivity contribution in [2.75, 3.05) is 11.1 Å². The third kappa shape index (κ3) is 5.97. The van der Waals surface area contributed by atoms with Gasteiger partial charge in [0.15, 0.2) is 11.0 Å². The van der Waals surface area contributed by atoms with Gasteiger partial charge in [0.2, 0.25) is 5.91 Å². The topological polar surface area (TPSA) is 88.9 Å². The van der Waals surface area contributed by atoms with Crippen LogP contribution < -0.4 is 10.6 Å². The van der Waals surface area contributed by atoms with E-state index in [1.54, 1.807) is 12.1 Å². The van der Waals surface area contributed by atoms with Crippen LogP contribution in [0.2, 0.25) is 0 Å². The minimum absolute atomic E-state index is 0.107. The summed E-state index contributed by atoms with van der Waals surface area (Å²) < 4.78 is 1.92. The van der Waals surface area contributed by atoms with Gasteiger partial charge in [-0.1, -0.05) is 55.9 Å². The maximum Gasteiger partial charge on any atom is 0.251 e. The number of thioether (sulfide) groups is 1. The molecule has 168 valence electrons. The van der Waals surface area contributed by atoms with Gasteiger partial charge in [-0.15, -0.1) is 10.2 Å². The fourth-order valence-electron chi connectivity index (χ4n) is 3.24. The van der Waals surface area contributed by atoms with Crippen molar-refractivity contribution in [1.29, 1.82) is 0 Å². The lowest BCUT2D eigenvalue weighted by atomic mass is 10.0. The number of carbonyl (C=O) groups excluding carboxylic acids is 2. The van der Waals surface area contributed by atoms with Crippen LogP contribution in [-0.2, 0) is 11.3 Å². The smallest absolute Gasteiger partial charge is 0.251 e. The number of amides is 2. The Bertz CT molecular complexity index is 1050. The number of nitrogens with one attached hydrogen (secondary N) is 2. The number of aromatic nitrogens is 3. The van der Waals surface area contributed by atoms with Crippen molar-refractivity contribution in [3.63, 3.8) is 0 Å². The standard InChI is InChI=1S/C24H29N5O2S/c1-5-29-22(17(4)25-23(31)19-9-7-6-8-10-19)27-28-24(29)32-15-21(30)26-20-13-11-18(12-14-20)16(2)3/h6-14,16-17H,5,15H2,1-4H3,(H,25,31)(H,26,30)/t17-/m1/s1. The molecule has 0 fully saturated rings. The van der Waals surface area contributed by atoms with Gasteiger partial charge in [0.05, 0.1) is 11.8 Å². The molecule has 0 spiro atoms. The number of hydrogen-bond donors (Lipinski definition) is 2. The molecule has 0 aliphatic rings. The monoisotopic (exact) mass is 451 g/mol. The van der Waals surface area contributed by atoms with Crippen LogP contribution in [0.4, 0.5) is 5.69 Å². The molecule has 0 radical (unpaired) electrons. The van der Waals surface area contributed by atoms with Gasteiger partial charge in [-0.3, -0.25) is 9.59 Å². The predicted molar refractivity (Wildman–Crippen MR) is 128 cm³/mol. The second-order valence-electron chi connectivity index (χ2n) is 7.76. The summed E-state index contributed by atoms with van der Waals surface area (Å²) in [4.78, 5) is 24.9. The van der Waals surface area contributed by atoms with Crippen LogP contribution in [0.25, 0.3) is 0 Å². The first-order chi connectivity index (χ1) is 15.4. The van der Waals surface area contributed by atoms with E-state index in [1.807, 2.05) is 60.9 Å². The lowest BCUT2D eigenvalue weighted by Gasteiger charge is -2.15. The summed E-state index contributed by atoms with van der Waals surface area (Å²) in [5.41, 5.74) is 2.60. The molecule has 3 rings (SSSR count). The van der Waals surface area contributed by atoms with E-state index in [2.05, 4.69) is 34.7 Å². The summed E-state index contributed by atoms with van der Waals surface area (Å²) in [6, 6.07) is 16.6. The molecule has 0 aliphatic heterocycles. The summed E-state index contributed by atoms with van der Waals surface area (Å²) in [6.07, 6.45) is 0. The van der Waals surface area contributed by atoms with Crippen LogP contribution in [-0.4, -0.2) is 32.3 Å². The van der Waals surface area contributed by atoms with E-state index in [4.69, 9.17) is 0 Å². The molecule has 7 nitrogen and oxygen atoms in total. The van der Waals surface area contributed by atoms with Crippen molar-refractivity contribution in [2.45, 2.75) is 51.4 Å². The van der Waals surface area contributed by atoms with Crippen LogP contribution in [0.1, 0.15) is 61.4 Å². The SMILES string of the molecule is CCn1c(SCC(=O)Nc2ccc(C(C)C)cc2)nnc1[C@@H](C)NC(=O)c1ccccc1. The summed E-state index contributed by atoms with van der Waals surface area (Å²) in [6.45, 7) is 8.76. The molecule has 2 amide bonds. The number of hydrogen-bond acceptors (Lipinski definition) is 5. The van der Waals surface area contributed by atoms with Crippen LogP contribution in [0.5, 0.6) is 0 Å². The Morgan fingerprint density at radius 2 is 1.69 bits per heavy atom. The molecule has 32 heavy (non-hydrogen) atoms. The van der Waals surface area contributed by atoms with E-state index in [-0.39, 0.29) is 23.6 Å². The van der Waals surface area contributed by atoms with E-state index in [0.717, 1.165) is 5.69 Å². The van der Waals surface area contributed by atoms with Crippen LogP contribution in [0.15, 0.2) is 59.8 Å². The van der Waals surface area contributed by atoms with E-state index >= 15 is 0 Å². The molecule has 0 bridgehead atoms. The van der Waals surface area contributed by atoms with Gasteiger partial charge in [0.25, 0.3) is 5.91 Å².